The number of anilines is 1. The van der Waals surface area contributed by atoms with Crippen molar-refractivity contribution in [3.05, 3.63) is 70.9 Å². The molecule has 1 unspecified atom stereocenters. The van der Waals surface area contributed by atoms with Gasteiger partial charge < -0.3 is 4.90 Å². The minimum atomic E-state index is 0.105. The summed E-state index contributed by atoms with van der Waals surface area (Å²) in [6.07, 6.45) is 5.69. The molecule has 160 valence electrons. The lowest BCUT2D eigenvalue weighted by atomic mass is 9.96. The first-order valence-corrected chi connectivity index (χ1v) is 11.1. The van der Waals surface area contributed by atoms with E-state index >= 15 is 0 Å². The van der Waals surface area contributed by atoms with Gasteiger partial charge in [-0.25, -0.2) is 0 Å². The maximum Gasteiger partial charge on any atom is 0.223 e. The zero-order chi connectivity index (χ0) is 21.5. The van der Waals surface area contributed by atoms with E-state index in [9.17, 15) is 9.28 Å². The Morgan fingerprint density at radius 1 is 1.23 bits per heavy atom. The van der Waals surface area contributed by atoms with E-state index in [0.717, 1.165) is 55.7 Å². The maximum absolute atomic E-state index is 14.3. The van der Waals surface area contributed by atoms with Gasteiger partial charge in [0, 0.05) is 60.3 Å². The van der Waals surface area contributed by atoms with Gasteiger partial charge in [-0.1, -0.05) is 46.4 Å². The van der Waals surface area contributed by atoms with Crippen molar-refractivity contribution in [1.29, 1.82) is 0 Å². The lowest BCUT2D eigenvalue weighted by Crippen LogP contribution is -2.31. The van der Waals surface area contributed by atoms with Crippen molar-refractivity contribution in [2.75, 3.05) is 31.1 Å². The number of amides is 1. The molecule has 2 aliphatic rings. The molecule has 0 spiro atoms. The summed E-state index contributed by atoms with van der Waals surface area (Å²) in [5, 5.41) is 1.44. The van der Waals surface area contributed by atoms with Crippen LogP contribution in [0.4, 0.5) is 10.2 Å². The Kier molecular flexibility index (Phi) is 5.32. The third-order valence-corrected chi connectivity index (χ3v) is 6.84. The van der Waals surface area contributed by atoms with E-state index in [1.54, 1.807) is 19.2 Å². The maximum atomic E-state index is 14.3. The average molecular weight is 438 g/mol. The fraction of sp³-hybridized carbons (Fsp3) is 0.320. The number of carbonyl (C=O) groups is 1. The Balaban J connectivity index is 1.26. The zero-order valence-corrected chi connectivity index (χ0v) is 18.3. The van der Waals surface area contributed by atoms with E-state index in [4.69, 9.17) is 11.6 Å². The highest BCUT2D eigenvalue weighted by Crippen LogP contribution is 2.38. The first kappa shape index (κ1) is 20.3. The van der Waals surface area contributed by atoms with Gasteiger partial charge in [-0.2, -0.15) is 4.79 Å². The SMILES string of the molecule is CC(=O)N1CC(CCN2CC=C(c3cn(F)c4cc(Cl)ccc34)CC2)c2ccccc21. The summed E-state index contributed by atoms with van der Waals surface area (Å²) < 4.78 is 14.3. The number of carbonyl (C=O) groups excluding carboxylic acids is 1. The van der Waals surface area contributed by atoms with Gasteiger partial charge in [-0.3, -0.25) is 9.69 Å². The molecule has 0 bridgehead atoms. The molecule has 2 aromatic carbocycles. The van der Waals surface area contributed by atoms with E-state index in [1.807, 2.05) is 29.2 Å². The van der Waals surface area contributed by atoms with Crippen LogP contribution in [0.1, 0.15) is 36.8 Å². The first-order valence-electron chi connectivity index (χ1n) is 10.8. The van der Waals surface area contributed by atoms with Crippen molar-refractivity contribution in [2.45, 2.75) is 25.7 Å². The normalized spacial score (nSPS) is 19.0. The number of hydrogen-bond donors (Lipinski definition) is 0. The van der Waals surface area contributed by atoms with E-state index in [-0.39, 0.29) is 5.91 Å². The Labute approximate surface area is 186 Å². The largest absolute Gasteiger partial charge is 0.312 e. The van der Waals surface area contributed by atoms with E-state index < -0.39 is 0 Å². The van der Waals surface area contributed by atoms with Crippen LogP contribution in [0.15, 0.2) is 54.7 Å². The van der Waals surface area contributed by atoms with Crippen molar-refractivity contribution < 1.29 is 9.28 Å². The first-order chi connectivity index (χ1) is 15.0. The van der Waals surface area contributed by atoms with Gasteiger partial charge in [-0.15, -0.1) is 0 Å². The molecule has 5 rings (SSSR count). The van der Waals surface area contributed by atoms with Crippen LogP contribution in [-0.2, 0) is 4.79 Å². The van der Waals surface area contributed by atoms with Gasteiger partial charge in [0.15, 0.2) is 0 Å². The number of aromatic nitrogens is 1. The molecule has 0 N–H and O–H groups in total. The van der Waals surface area contributed by atoms with Crippen LogP contribution in [0.25, 0.3) is 16.5 Å². The topological polar surface area (TPSA) is 28.5 Å². The van der Waals surface area contributed by atoms with Gasteiger partial charge in [-0.05, 0) is 48.7 Å². The highest BCUT2D eigenvalue weighted by Gasteiger charge is 2.30. The molecular formula is C25H25ClFN3O. The molecule has 3 heterocycles. The summed E-state index contributed by atoms with van der Waals surface area (Å²) in [4.78, 5) is 17.0. The second kappa shape index (κ2) is 8.13. The van der Waals surface area contributed by atoms with Gasteiger partial charge in [0.25, 0.3) is 0 Å². The van der Waals surface area contributed by atoms with Crippen LogP contribution in [0.5, 0.6) is 0 Å². The molecule has 1 aromatic heterocycles. The van der Waals surface area contributed by atoms with E-state index in [0.29, 0.717) is 21.2 Å². The van der Waals surface area contributed by atoms with Gasteiger partial charge in [0.05, 0.1) is 5.52 Å². The molecule has 0 fully saturated rings. The van der Waals surface area contributed by atoms with E-state index in [2.05, 4.69) is 23.1 Å². The molecule has 0 aliphatic carbocycles. The lowest BCUT2D eigenvalue weighted by Gasteiger charge is -2.27. The third-order valence-electron chi connectivity index (χ3n) is 6.61. The lowest BCUT2D eigenvalue weighted by molar-refractivity contribution is -0.116. The summed E-state index contributed by atoms with van der Waals surface area (Å²) in [5.74, 6) is 0.480. The van der Waals surface area contributed by atoms with Crippen LogP contribution < -0.4 is 4.90 Å². The van der Waals surface area contributed by atoms with Crippen LogP contribution in [0.2, 0.25) is 5.02 Å². The number of fused-ring (bicyclic) bond motifs is 2. The average Bonchev–Trinajstić information content (AvgIpc) is 3.31. The Hall–Kier alpha value is -2.63. The predicted molar refractivity (Wildman–Crippen MR) is 124 cm³/mol. The van der Waals surface area contributed by atoms with Crippen LogP contribution >= 0.6 is 11.6 Å². The fourth-order valence-electron chi connectivity index (χ4n) is 4.96. The van der Waals surface area contributed by atoms with Gasteiger partial charge in [0.2, 0.25) is 5.91 Å². The van der Waals surface area contributed by atoms with Gasteiger partial charge in [0.1, 0.15) is 0 Å². The number of rotatable bonds is 4. The number of halogens is 2. The third kappa shape index (κ3) is 3.77. The predicted octanol–water partition coefficient (Wildman–Crippen LogP) is 5.66. The second-order valence-electron chi connectivity index (χ2n) is 8.47. The summed E-state index contributed by atoms with van der Waals surface area (Å²) in [6, 6.07) is 13.6. The van der Waals surface area contributed by atoms with Crippen molar-refractivity contribution >= 4 is 39.7 Å². The number of hydrogen-bond acceptors (Lipinski definition) is 2. The summed E-state index contributed by atoms with van der Waals surface area (Å²) in [6.45, 7) is 5.19. The van der Waals surface area contributed by atoms with Crippen LogP contribution in [0.3, 0.4) is 0 Å². The minimum absolute atomic E-state index is 0.105. The standard InChI is InChI=1S/C25H25ClFN3O/c1-17(31)29-15-19(21-4-2-3-5-24(21)29)10-13-28-11-8-18(9-12-28)23-16-30(27)25-14-20(26)6-7-22(23)25/h2-8,14,16,19H,9-13,15H2,1H3. The Morgan fingerprint density at radius 2 is 2.06 bits per heavy atom. The quantitative estimate of drug-likeness (QED) is 0.527. The monoisotopic (exact) mass is 437 g/mol. The summed E-state index contributed by atoms with van der Waals surface area (Å²) >= 11 is 6.03. The molecule has 0 saturated heterocycles. The second-order valence-corrected chi connectivity index (χ2v) is 8.91. The van der Waals surface area contributed by atoms with Gasteiger partial charge >= 0.3 is 0 Å². The number of nitrogens with zero attached hydrogens (tertiary/aromatic N) is 3. The molecule has 4 nitrogen and oxygen atoms in total. The smallest absolute Gasteiger partial charge is 0.223 e. The molecule has 1 atom stereocenters. The number of benzene rings is 2. The Morgan fingerprint density at radius 3 is 2.84 bits per heavy atom. The van der Waals surface area contributed by atoms with Crippen molar-refractivity contribution in [3.8, 4) is 0 Å². The highest BCUT2D eigenvalue weighted by atomic mass is 35.5. The highest BCUT2D eigenvalue weighted by molar-refractivity contribution is 6.31. The molecule has 6 heteroatoms. The van der Waals surface area contributed by atoms with Crippen LogP contribution in [-0.4, -0.2) is 41.8 Å². The van der Waals surface area contributed by atoms with E-state index in [1.165, 1.54) is 11.1 Å². The fourth-order valence-corrected chi connectivity index (χ4v) is 5.12. The summed E-state index contributed by atoms with van der Waals surface area (Å²) in [7, 11) is 0. The minimum Gasteiger partial charge on any atom is -0.312 e. The molecule has 31 heavy (non-hydrogen) atoms. The van der Waals surface area contributed by atoms with Crippen LogP contribution in [0, 0.1) is 0 Å². The molecule has 0 radical (unpaired) electrons. The number of para-hydroxylation sites is 1. The van der Waals surface area contributed by atoms with Crippen molar-refractivity contribution in [2.24, 2.45) is 0 Å². The molecular weight excluding hydrogens is 413 g/mol. The molecule has 3 aromatic rings. The molecule has 0 saturated carbocycles. The Bertz CT molecular complexity index is 1180. The summed E-state index contributed by atoms with van der Waals surface area (Å²) in [5.41, 5.74) is 4.99. The zero-order valence-electron chi connectivity index (χ0n) is 17.5. The molecule has 2 aliphatic heterocycles. The van der Waals surface area contributed by atoms with Crippen molar-refractivity contribution in [3.63, 3.8) is 0 Å². The van der Waals surface area contributed by atoms with Crippen molar-refractivity contribution in [1.82, 2.24) is 9.69 Å². The molecule has 1 amide bonds.